The van der Waals surface area contributed by atoms with E-state index in [1.165, 1.54) is 11.5 Å². The van der Waals surface area contributed by atoms with Crippen molar-refractivity contribution in [2.24, 2.45) is 0 Å². The van der Waals surface area contributed by atoms with Gasteiger partial charge in [-0.3, -0.25) is 4.98 Å². The van der Waals surface area contributed by atoms with Crippen LogP contribution in [0.15, 0.2) is 38.0 Å². The second kappa shape index (κ2) is 5.94. The molecule has 0 saturated carbocycles. The molecule has 0 aliphatic carbocycles. The third kappa shape index (κ3) is 2.46. The van der Waals surface area contributed by atoms with Gasteiger partial charge in [0.05, 0.1) is 9.77 Å². The van der Waals surface area contributed by atoms with E-state index in [-0.39, 0.29) is 0 Å². The van der Waals surface area contributed by atoms with Gasteiger partial charge in [-0.25, -0.2) is 0 Å². The monoisotopic (exact) mass is 322 g/mol. The van der Waals surface area contributed by atoms with E-state index in [1.54, 1.807) is 29.7 Å². The highest BCUT2D eigenvalue weighted by atomic mass is 32.2. The van der Waals surface area contributed by atoms with E-state index >= 15 is 0 Å². The summed E-state index contributed by atoms with van der Waals surface area (Å²) in [6, 6.07) is 5.58. The van der Waals surface area contributed by atoms with Crippen molar-refractivity contribution in [2.45, 2.75) is 9.24 Å². The van der Waals surface area contributed by atoms with Crippen LogP contribution < -0.4 is 0 Å². The molecule has 3 heterocycles. The summed E-state index contributed by atoms with van der Waals surface area (Å²) in [5, 5.41) is 9.12. The van der Waals surface area contributed by atoms with Gasteiger partial charge in [0.25, 0.3) is 11.8 Å². The lowest BCUT2D eigenvalue weighted by atomic mass is 10.3. The summed E-state index contributed by atoms with van der Waals surface area (Å²) in [5.74, 6) is 0.916. The maximum atomic E-state index is 5.75. The highest BCUT2D eigenvalue weighted by Gasteiger charge is 2.21. The van der Waals surface area contributed by atoms with Crippen LogP contribution in [0.25, 0.3) is 23.0 Å². The number of nitrogens with zero attached hydrogens (tertiary/aromatic N) is 4. The van der Waals surface area contributed by atoms with Crippen molar-refractivity contribution in [3.63, 3.8) is 0 Å². The minimum absolute atomic E-state index is 0.422. The topological polar surface area (TPSA) is 64.7 Å². The number of pyridine rings is 1. The predicted molar refractivity (Wildman–Crippen MR) is 82.2 cm³/mol. The maximum absolute atomic E-state index is 5.75. The van der Waals surface area contributed by atoms with Crippen LogP contribution in [-0.2, 0) is 0 Å². The van der Waals surface area contributed by atoms with Crippen LogP contribution in [0.1, 0.15) is 0 Å². The largest absolute Gasteiger partial charge is 0.414 e. The first-order valence-corrected chi connectivity index (χ1v) is 8.88. The van der Waals surface area contributed by atoms with Gasteiger partial charge >= 0.3 is 0 Å². The predicted octanol–water partition coefficient (Wildman–Crippen LogP) is 3.70. The van der Waals surface area contributed by atoms with E-state index in [1.807, 2.05) is 30.7 Å². The van der Waals surface area contributed by atoms with Crippen LogP contribution in [0.4, 0.5) is 0 Å². The average molecular weight is 322 g/mol. The Balaban J connectivity index is 2.04. The van der Waals surface area contributed by atoms with Gasteiger partial charge in [0.15, 0.2) is 0 Å². The smallest absolute Gasteiger partial charge is 0.266 e. The second-order valence-corrected chi connectivity index (χ2v) is 6.33. The second-order valence-electron chi connectivity index (χ2n) is 3.69. The minimum atomic E-state index is 0.422. The van der Waals surface area contributed by atoms with Crippen molar-refractivity contribution in [1.82, 2.24) is 19.6 Å². The quantitative estimate of drug-likeness (QED) is 0.678. The van der Waals surface area contributed by atoms with Crippen molar-refractivity contribution in [1.29, 1.82) is 0 Å². The molecule has 0 radical (unpaired) electrons. The Bertz CT molecular complexity index is 689. The molecule has 0 N–H and O–H groups in total. The molecule has 0 aliphatic rings. The van der Waals surface area contributed by atoms with Crippen LogP contribution in [0.2, 0.25) is 0 Å². The molecule has 0 aromatic carbocycles. The third-order valence-electron chi connectivity index (χ3n) is 2.53. The molecular weight excluding hydrogens is 312 g/mol. The fourth-order valence-corrected chi connectivity index (χ4v) is 3.90. The van der Waals surface area contributed by atoms with Crippen LogP contribution >= 0.6 is 35.1 Å². The number of hydrogen-bond donors (Lipinski definition) is 0. The van der Waals surface area contributed by atoms with Gasteiger partial charge in [-0.05, 0) is 36.2 Å². The van der Waals surface area contributed by atoms with Crippen LogP contribution in [0.3, 0.4) is 0 Å². The fourth-order valence-electron chi connectivity index (χ4n) is 1.64. The maximum Gasteiger partial charge on any atom is 0.266 e. The van der Waals surface area contributed by atoms with Gasteiger partial charge in [0.1, 0.15) is 10.7 Å². The van der Waals surface area contributed by atoms with Crippen LogP contribution in [0, 0.1) is 0 Å². The SMILES string of the molecule is CSc1nsc(SC)c1-c1nnc(-c2ccccn2)o1. The minimum Gasteiger partial charge on any atom is -0.414 e. The van der Waals surface area contributed by atoms with Crippen LogP contribution in [0.5, 0.6) is 0 Å². The summed E-state index contributed by atoms with van der Waals surface area (Å²) >= 11 is 4.65. The number of hydrogen-bond acceptors (Lipinski definition) is 8. The first-order chi connectivity index (χ1) is 9.83. The van der Waals surface area contributed by atoms with Gasteiger partial charge in [0, 0.05) is 6.20 Å². The zero-order valence-electron chi connectivity index (χ0n) is 10.7. The van der Waals surface area contributed by atoms with Gasteiger partial charge in [-0.15, -0.1) is 33.7 Å². The standard InChI is InChI=1S/C12H10N4OS3/c1-18-11-8(12(19-2)20-16-11)10-15-14-9(17-10)7-5-3-4-6-13-7/h3-6H,1-2H3. The lowest BCUT2D eigenvalue weighted by Crippen LogP contribution is -1.80. The molecule has 0 saturated heterocycles. The van der Waals surface area contributed by atoms with E-state index in [9.17, 15) is 0 Å². The number of rotatable bonds is 4. The highest BCUT2D eigenvalue weighted by molar-refractivity contribution is 8.01. The molecule has 0 aliphatic heterocycles. The van der Waals surface area contributed by atoms with E-state index in [0.29, 0.717) is 17.5 Å². The summed E-state index contributed by atoms with van der Waals surface area (Å²) in [6.07, 6.45) is 5.70. The molecule has 0 amide bonds. The molecular formula is C12H10N4OS3. The van der Waals surface area contributed by atoms with Crippen molar-refractivity contribution >= 4 is 35.1 Å². The number of aromatic nitrogens is 4. The van der Waals surface area contributed by atoms with E-state index in [0.717, 1.165) is 14.8 Å². The van der Waals surface area contributed by atoms with E-state index in [2.05, 4.69) is 19.6 Å². The normalized spacial score (nSPS) is 10.9. The Kier molecular flexibility index (Phi) is 4.04. The van der Waals surface area contributed by atoms with Crippen molar-refractivity contribution in [2.75, 3.05) is 12.5 Å². The van der Waals surface area contributed by atoms with Gasteiger partial charge in [-0.2, -0.15) is 4.37 Å². The summed E-state index contributed by atoms with van der Waals surface area (Å²) in [5.41, 5.74) is 1.59. The summed E-state index contributed by atoms with van der Waals surface area (Å²) < 4.78 is 11.2. The first kappa shape index (κ1) is 13.6. The number of thioether (sulfide) groups is 2. The zero-order chi connectivity index (χ0) is 13.9. The van der Waals surface area contributed by atoms with Gasteiger partial charge < -0.3 is 4.42 Å². The van der Waals surface area contributed by atoms with Gasteiger partial charge in [-0.1, -0.05) is 6.07 Å². The molecule has 102 valence electrons. The summed E-state index contributed by atoms with van der Waals surface area (Å²) in [7, 11) is 0. The first-order valence-electron chi connectivity index (χ1n) is 5.66. The van der Waals surface area contributed by atoms with Gasteiger partial charge in [0.2, 0.25) is 0 Å². The Morgan fingerprint density at radius 3 is 2.65 bits per heavy atom. The molecule has 3 aromatic heterocycles. The molecule has 0 bridgehead atoms. The molecule has 20 heavy (non-hydrogen) atoms. The third-order valence-corrected chi connectivity index (χ3v) is 5.27. The van der Waals surface area contributed by atoms with Crippen molar-refractivity contribution < 1.29 is 4.42 Å². The fraction of sp³-hybridized carbons (Fsp3) is 0.167. The lowest BCUT2D eigenvalue weighted by molar-refractivity contribution is 0.579. The van der Waals surface area contributed by atoms with E-state index in [4.69, 9.17) is 4.42 Å². The average Bonchev–Trinajstić information content (AvgIpc) is 3.14. The summed E-state index contributed by atoms with van der Waals surface area (Å²) in [4.78, 5) is 4.21. The Labute approximate surface area is 128 Å². The Hall–Kier alpha value is -1.38. The lowest BCUT2D eigenvalue weighted by Gasteiger charge is -1.96. The Morgan fingerprint density at radius 1 is 1.10 bits per heavy atom. The van der Waals surface area contributed by atoms with E-state index < -0.39 is 0 Å². The molecule has 3 aromatic rings. The van der Waals surface area contributed by atoms with Crippen LogP contribution in [-0.4, -0.2) is 32.1 Å². The molecule has 0 fully saturated rings. The molecule has 0 atom stereocenters. The zero-order valence-corrected chi connectivity index (χ0v) is 13.2. The Morgan fingerprint density at radius 2 is 1.95 bits per heavy atom. The molecule has 0 spiro atoms. The highest BCUT2D eigenvalue weighted by Crippen LogP contribution is 2.40. The molecule has 8 heteroatoms. The molecule has 5 nitrogen and oxygen atoms in total. The van der Waals surface area contributed by atoms with Crippen molar-refractivity contribution in [3.05, 3.63) is 24.4 Å². The summed E-state index contributed by atoms with van der Waals surface area (Å²) in [6.45, 7) is 0. The van der Waals surface area contributed by atoms with Crippen molar-refractivity contribution in [3.8, 4) is 23.0 Å². The molecule has 0 unspecified atom stereocenters. The molecule has 3 rings (SSSR count).